The predicted octanol–water partition coefficient (Wildman–Crippen LogP) is 1.57. The van der Waals surface area contributed by atoms with Crippen molar-refractivity contribution in [2.45, 2.75) is 44.4 Å². The molecular weight excluding hydrogens is 242 g/mol. The van der Waals surface area contributed by atoms with Gasteiger partial charge in [0.15, 0.2) is 0 Å². The molecule has 0 aromatic heterocycles. The number of hydrogen-bond acceptors (Lipinski definition) is 3. The normalized spacial score (nSPS) is 22.8. The van der Waals surface area contributed by atoms with Gasteiger partial charge in [0, 0.05) is 12.2 Å². The molecule has 1 aromatic carbocycles. The fraction of sp³-hybridized carbons (Fsp3) is 0.500. The van der Waals surface area contributed by atoms with Crippen molar-refractivity contribution in [2.24, 2.45) is 5.73 Å². The lowest BCUT2D eigenvalue weighted by molar-refractivity contribution is 0.0955. The first-order valence-corrected chi connectivity index (χ1v) is 6.73. The zero-order chi connectivity index (χ0) is 13.7. The molecule has 0 heterocycles. The molecule has 1 aliphatic rings. The molecule has 2 unspecified atom stereocenters. The first kappa shape index (κ1) is 13.8. The van der Waals surface area contributed by atoms with Crippen molar-refractivity contribution in [3.63, 3.8) is 0 Å². The number of aliphatic hydroxyl groups excluding tert-OH is 1. The first-order valence-electron chi connectivity index (χ1n) is 6.73. The van der Waals surface area contributed by atoms with Crippen LogP contribution >= 0.6 is 0 Å². The number of rotatable bonds is 3. The predicted molar refractivity (Wildman–Crippen MR) is 74.8 cm³/mol. The van der Waals surface area contributed by atoms with Gasteiger partial charge in [0.2, 0.25) is 0 Å². The Labute approximate surface area is 113 Å². The van der Waals surface area contributed by atoms with Crippen LogP contribution in [0.25, 0.3) is 0 Å². The van der Waals surface area contributed by atoms with Gasteiger partial charge in [-0.3, -0.25) is 0 Å². The zero-order valence-corrected chi connectivity index (χ0v) is 10.9. The second-order valence-electron chi connectivity index (χ2n) is 4.96. The Balaban J connectivity index is 1.89. The molecular formula is C14H21N3O2. The number of nitrogens with one attached hydrogen (secondary N) is 2. The molecule has 5 heteroatoms. The van der Waals surface area contributed by atoms with Gasteiger partial charge in [-0.05, 0) is 30.5 Å². The summed E-state index contributed by atoms with van der Waals surface area (Å²) >= 11 is 0. The zero-order valence-electron chi connectivity index (χ0n) is 10.9. The maximum absolute atomic E-state index is 11.9. The van der Waals surface area contributed by atoms with Gasteiger partial charge in [-0.2, -0.15) is 0 Å². The summed E-state index contributed by atoms with van der Waals surface area (Å²) in [6, 6.07) is 7.00. The van der Waals surface area contributed by atoms with E-state index in [4.69, 9.17) is 5.73 Å². The lowest BCUT2D eigenvalue weighted by Crippen LogP contribution is -2.46. The fourth-order valence-corrected chi connectivity index (χ4v) is 2.39. The third-order valence-corrected chi connectivity index (χ3v) is 3.47. The van der Waals surface area contributed by atoms with E-state index in [0.29, 0.717) is 12.2 Å². The molecule has 19 heavy (non-hydrogen) atoms. The van der Waals surface area contributed by atoms with Crippen LogP contribution in [0.2, 0.25) is 0 Å². The third-order valence-electron chi connectivity index (χ3n) is 3.47. The lowest BCUT2D eigenvalue weighted by Gasteiger charge is -2.28. The number of amides is 2. The van der Waals surface area contributed by atoms with Crippen molar-refractivity contribution in [1.29, 1.82) is 0 Å². The number of urea groups is 1. The quantitative estimate of drug-likeness (QED) is 0.667. The molecule has 1 aromatic rings. The maximum Gasteiger partial charge on any atom is 0.319 e. The number of benzene rings is 1. The summed E-state index contributed by atoms with van der Waals surface area (Å²) in [6.07, 6.45) is 3.23. The highest BCUT2D eigenvalue weighted by molar-refractivity contribution is 5.89. The number of nitrogens with two attached hydrogens (primary N) is 1. The standard InChI is InChI=1S/C14H21N3O2/c15-9-10-4-3-5-11(8-10)16-14(19)17-12-6-1-2-7-13(12)18/h3-5,8,12-13,18H,1-2,6-7,9,15H2,(H2,16,17,19). The monoisotopic (exact) mass is 263 g/mol. The highest BCUT2D eigenvalue weighted by Gasteiger charge is 2.24. The van der Waals surface area contributed by atoms with Crippen LogP contribution in [0.1, 0.15) is 31.2 Å². The SMILES string of the molecule is NCc1cccc(NC(=O)NC2CCCCC2O)c1. The topological polar surface area (TPSA) is 87.4 Å². The van der Waals surface area contributed by atoms with Gasteiger partial charge in [0.05, 0.1) is 12.1 Å². The van der Waals surface area contributed by atoms with Gasteiger partial charge in [-0.1, -0.05) is 25.0 Å². The molecule has 0 radical (unpaired) electrons. The third kappa shape index (κ3) is 3.94. The van der Waals surface area contributed by atoms with Crippen molar-refractivity contribution >= 4 is 11.7 Å². The van der Waals surface area contributed by atoms with Crippen LogP contribution in [0.15, 0.2) is 24.3 Å². The minimum Gasteiger partial charge on any atom is -0.391 e. The molecule has 0 spiro atoms. The van der Waals surface area contributed by atoms with Gasteiger partial charge < -0.3 is 21.5 Å². The molecule has 104 valence electrons. The van der Waals surface area contributed by atoms with Crippen LogP contribution in [0.4, 0.5) is 10.5 Å². The van der Waals surface area contributed by atoms with E-state index in [1.165, 1.54) is 0 Å². The summed E-state index contributed by atoms with van der Waals surface area (Å²) in [5, 5.41) is 15.4. The van der Waals surface area contributed by atoms with Gasteiger partial charge >= 0.3 is 6.03 Å². The summed E-state index contributed by atoms with van der Waals surface area (Å²) in [5.74, 6) is 0. The number of anilines is 1. The van der Waals surface area contributed by atoms with E-state index in [0.717, 1.165) is 31.2 Å². The number of hydrogen-bond donors (Lipinski definition) is 4. The molecule has 2 rings (SSSR count). The Kier molecular flexibility index (Phi) is 4.76. The minimum atomic E-state index is -0.435. The van der Waals surface area contributed by atoms with Crippen LogP contribution < -0.4 is 16.4 Å². The second kappa shape index (κ2) is 6.54. The van der Waals surface area contributed by atoms with E-state index in [1.54, 1.807) is 0 Å². The molecule has 5 nitrogen and oxygen atoms in total. The average Bonchev–Trinajstić information content (AvgIpc) is 2.41. The first-order chi connectivity index (χ1) is 9.19. The number of carbonyl (C=O) groups excluding carboxylic acids is 1. The summed E-state index contributed by atoms with van der Waals surface area (Å²) < 4.78 is 0. The van der Waals surface area contributed by atoms with Crippen molar-refractivity contribution in [3.05, 3.63) is 29.8 Å². The molecule has 0 aliphatic heterocycles. The van der Waals surface area contributed by atoms with Crippen LogP contribution in [0.3, 0.4) is 0 Å². The van der Waals surface area contributed by atoms with E-state index in [2.05, 4.69) is 10.6 Å². The molecule has 2 amide bonds. The Morgan fingerprint density at radius 1 is 1.37 bits per heavy atom. The second-order valence-corrected chi connectivity index (χ2v) is 4.96. The fourth-order valence-electron chi connectivity index (χ4n) is 2.39. The highest BCUT2D eigenvalue weighted by atomic mass is 16.3. The van der Waals surface area contributed by atoms with Gasteiger partial charge in [-0.15, -0.1) is 0 Å². The van der Waals surface area contributed by atoms with Crippen LogP contribution in [0.5, 0.6) is 0 Å². The maximum atomic E-state index is 11.9. The Morgan fingerprint density at radius 3 is 2.89 bits per heavy atom. The Bertz CT molecular complexity index is 436. The molecule has 0 bridgehead atoms. The smallest absolute Gasteiger partial charge is 0.319 e. The van der Waals surface area contributed by atoms with E-state index >= 15 is 0 Å². The summed E-state index contributed by atoms with van der Waals surface area (Å²) in [4.78, 5) is 11.9. The summed E-state index contributed by atoms with van der Waals surface area (Å²) in [6.45, 7) is 0.443. The van der Waals surface area contributed by atoms with Crippen LogP contribution in [0, 0.1) is 0 Å². The molecule has 5 N–H and O–H groups in total. The molecule has 1 fully saturated rings. The van der Waals surface area contributed by atoms with Crippen molar-refractivity contribution in [1.82, 2.24) is 5.32 Å². The Hall–Kier alpha value is -1.59. The van der Waals surface area contributed by atoms with Gasteiger partial charge in [0.1, 0.15) is 0 Å². The van der Waals surface area contributed by atoms with Crippen LogP contribution in [-0.4, -0.2) is 23.3 Å². The van der Waals surface area contributed by atoms with Gasteiger partial charge in [0.25, 0.3) is 0 Å². The summed E-state index contributed by atoms with van der Waals surface area (Å²) in [5.41, 5.74) is 7.24. The summed E-state index contributed by atoms with van der Waals surface area (Å²) in [7, 11) is 0. The largest absolute Gasteiger partial charge is 0.391 e. The van der Waals surface area contributed by atoms with Crippen molar-refractivity contribution in [2.75, 3.05) is 5.32 Å². The number of aliphatic hydroxyl groups is 1. The van der Waals surface area contributed by atoms with Gasteiger partial charge in [-0.25, -0.2) is 4.79 Å². The lowest BCUT2D eigenvalue weighted by atomic mass is 9.93. The van der Waals surface area contributed by atoms with E-state index < -0.39 is 6.10 Å². The minimum absolute atomic E-state index is 0.147. The highest BCUT2D eigenvalue weighted by Crippen LogP contribution is 2.18. The van der Waals surface area contributed by atoms with E-state index in [-0.39, 0.29) is 12.1 Å². The van der Waals surface area contributed by atoms with Crippen molar-refractivity contribution < 1.29 is 9.90 Å². The molecule has 0 saturated heterocycles. The number of carbonyl (C=O) groups is 1. The van der Waals surface area contributed by atoms with E-state index in [1.807, 2.05) is 24.3 Å². The molecule has 1 aliphatic carbocycles. The molecule has 2 atom stereocenters. The average molecular weight is 263 g/mol. The Morgan fingerprint density at radius 2 is 2.16 bits per heavy atom. The molecule has 1 saturated carbocycles. The van der Waals surface area contributed by atoms with Crippen LogP contribution in [-0.2, 0) is 6.54 Å². The van der Waals surface area contributed by atoms with Crippen molar-refractivity contribution in [3.8, 4) is 0 Å². The van der Waals surface area contributed by atoms with E-state index in [9.17, 15) is 9.90 Å².